The largest absolute Gasteiger partial charge is 0.506 e. The highest BCUT2D eigenvalue weighted by Crippen LogP contribution is 2.38. The molecule has 2 aromatic carbocycles. The Morgan fingerprint density at radius 1 is 1.17 bits per heavy atom. The molecule has 1 amide bonds. The summed E-state index contributed by atoms with van der Waals surface area (Å²) in [6.45, 7) is 0. The summed E-state index contributed by atoms with van der Waals surface area (Å²) in [6.07, 6.45) is 2.29. The van der Waals surface area contributed by atoms with Crippen molar-refractivity contribution in [3.8, 4) is 5.75 Å². The number of aromatic hydroxyl groups is 1. The van der Waals surface area contributed by atoms with E-state index < -0.39 is 0 Å². The summed E-state index contributed by atoms with van der Waals surface area (Å²) in [6, 6.07) is 8.70. The molecule has 23 heavy (non-hydrogen) atoms. The van der Waals surface area contributed by atoms with Crippen LogP contribution in [0.1, 0.15) is 16.7 Å². The first kappa shape index (κ1) is 16.2. The molecular formula is C17H12Cl3NO2. The van der Waals surface area contributed by atoms with E-state index in [9.17, 15) is 9.90 Å². The highest BCUT2D eigenvalue weighted by Gasteiger charge is 2.25. The molecule has 0 aromatic heterocycles. The Hall–Kier alpha value is -1.68. The van der Waals surface area contributed by atoms with Crippen LogP contribution in [0.2, 0.25) is 10.0 Å². The van der Waals surface area contributed by atoms with Crippen molar-refractivity contribution in [2.45, 2.75) is 6.42 Å². The number of nitrogens with one attached hydrogen (secondary N) is 1. The first-order valence-electron chi connectivity index (χ1n) is 6.90. The molecule has 1 aliphatic rings. The normalized spacial score (nSPS) is 14.9. The number of benzene rings is 2. The number of halogens is 3. The van der Waals surface area contributed by atoms with E-state index in [1.807, 2.05) is 18.2 Å². The lowest BCUT2D eigenvalue weighted by Gasteiger charge is -2.05. The van der Waals surface area contributed by atoms with Crippen LogP contribution in [0, 0.1) is 0 Å². The second kappa shape index (κ2) is 6.44. The van der Waals surface area contributed by atoms with Crippen molar-refractivity contribution in [1.29, 1.82) is 0 Å². The van der Waals surface area contributed by atoms with Gasteiger partial charge in [0.15, 0.2) is 0 Å². The van der Waals surface area contributed by atoms with Crippen LogP contribution < -0.4 is 5.32 Å². The number of phenolic OH excluding ortho intramolecular Hbond substituents is 1. The van der Waals surface area contributed by atoms with Crippen LogP contribution >= 0.6 is 34.8 Å². The Morgan fingerprint density at radius 2 is 1.96 bits per heavy atom. The molecular weight excluding hydrogens is 357 g/mol. The number of carbonyl (C=O) groups is 1. The zero-order chi connectivity index (χ0) is 16.6. The first-order valence-corrected chi connectivity index (χ1v) is 8.19. The van der Waals surface area contributed by atoms with Crippen LogP contribution in [0.5, 0.6) is 5.75 Å². The van der Waals surface area contributed by atoms with Gasteiger partial charge in [-0.1, -0.05) is 29.3 Å². The number of amides is 1. The maximum absolute atomic E-state index is 12.2. The third kappa shape index (κ3) is 3.18. The molecule has 3 nitrogen and oxygen atoms in total. The van der Waals surface area contributed by atoms with Crippen molar-refractivity contribution in [3.63, 3.8) is 0 Å². The Bertz CT molecular complexity index is 831. The van der Waals surface area contributed by atoms with Gasteiger partial charge in [0.1, 0.15) is 5.75 Å². The van der Waals surface area contributed by atoms with Crippen LogP contribution in [0.3, 0.4) is 0 Å². The van der Waals surface area contributed by atoms with Gasteiger partial charge in [0.05, 0.1) is 5.02 Å². The lowest BCUT2D eigenvalue weighted by Crippen LogP contribution is -2.03. The van der Waals surface area contributed by atoms with Crippen molar-refractivity contribution in [2.75, 3.05) is 11.2 Å². The molecule has 0 radical (unpaired) electrons. The number of aryl methyl sites for hydroxylation is 1. The summed E-state index contributed by atoms with van der Waals surface area (Å²) in [5.41, 5.74) is 3.38. The fourth-order valence-corrected chi connectivity index (χ4v) is 3.22. The molecule has 1 aliphatic heterocycles. The maximum Gasteiger partial charge on any atom is 0.256 e. The second-order valence-electron chi connectivity index (χ2n) is 5.16. The van der Waals surface area contributed by atoms with Crippen LogP contribution in [0.25, 0.3) is 11.6 Å². The van der Waals surface area contributed by atoms with Crippen LogP contribution in [0.4, 0.5) is 5.69 Å². The fraction of sp³-hybridized carbons (Fsp3) is 0.118. The Kier molecular flexibility index (Phi) is 4.53. The molecule has 2 aromatic rings. The molecule has 3 rings (SSSR count). The number of anilines is 1. The molecule has 0 fully saturated rings. The summed E-state index contributed by atoms with van der Waals surface area (Å²) < 4.78 is 0. The number of alkyl halides is 1. The highest BCUT2D eigenvalue weighted by atomic mass is 35.5. The topological polar surface area (TPSA) is 49.3 Å². The quantitative estimate of drug-likeness (QED) is 0.593. The van der Waals surface area contributed by atoms with E-state index in [-0.39, 0.29) is 16.7 Å². The summed E-state index contributed by atoms with van der Waals surface area (Å²) in [5, 5.41) is 13.4. The summed E-state index contributed by atoms with van der Waals surface area (Å²) in [4.78, 5) is 12.2. The number of rotatable bonds is 3. The van der Waals surface area contributed by atoms with Gasteiger partial charge < -0.3 is 10.4 Å². The molecule has 0 atom stereocenters. The number of hydrogen-bond donors (Lipinski definition) is 2. The first-order chi connectivity index (χ1) is 11.0. The van der Waals surface area contributed by atoms with Gasteiger partial charge in [-0.25, -0.2) is 0 Å². The van der Waals surface area contributed by atoms with E-state index >= 15 is 0 Å². The predicted molar refractivity (Wildman–Crippen MR) is 95.5 cm³/mol. The van der Waals surface area contributed by atoms with Gasteiger partial charge in [-0.2, -0.15) is 0 Å². The SMILES string of the molecule is O=C1Nc2ccc(CCCl)cc2C1=Cc1cc(Cl)cc(Cl)c1O. The van der Waals surface area contributed by atoms with Crippen LogP contribution in [0.15, 0.2) is 30.3 Å². The smallest absolute Gasteiger partial charge is 0.256 e. The Balaban J connectivity index is 2.11. The van der Waals surface area contributed by atoms with Gasteiger partial charge in [0.2, 0.25) is 0 Å². The minimum absolute atomic E-state index is 0.110. The van der Waals surface area contributed by atoms with E-state index in [1.165, 1.54) is 6.07 Å². The lowest BCUT2D eigenvalue weighted by molar-refractivity contribution is -0.110. The highest BCUT2D eigenvalue weighted by molar-refractivity contribution is 6.37. The van der Waals surface area contributed by atoms with Crippen molar-refractivity contribution in [1.82, 2.24) is 0 Å². The van der Waals surface area contributed by atoms with E-state index in [2.05, 4.69) is 5.32 Å². The molecule has 0 spiro atoms. The molecule has 6 heteroatoms. The average Bonchev–Trinajstić information content (AvgIpc) is 2.80. The Labute approximate surface area is 148 Å². The van der Waals surface area contributed by atoms with Crippen LogP contribution in [-0.4, -0.2) is 16.9 Å². The van der Waals surface area contributed by atoms with Crippen molar-refractivity contribution >= 4 is 58.0 Å². The number of carbonyl (C=O) groups excluding carboxylic acids is 1. The fourth-order valence-electron chi connectivity index (χ4n) is 2.49. The lowest BCUT2D eigenvalue weighted by atomic mass is 10.0. The van der Waals surface area contributed by atoms with Gasteiger partial charge in [0.25, 0.3) is 5.91 Å². The predicted octanol–water partition coefficient (Wildman–Crippen LogP) is 4.97. The molecule has 0 unspecified atom stereocenters. The minimum Gasteiger partial charge on any atom is -0.506 e. The number of fused-ring (bicyclic) bond motifs is 1. The monoisotopic (exact) mass is 367 g/mol. The summed E-state index contributed by atoms with van der Waals surface area (Å²) >= 11 is 17.7. The summed E-state index contributed by atoms with van der Waals surface area (Å²) in [7, 11) is 0. The Morgan fingerprint density at radius 3 is 2.70 bits per heavy atom. The van der Waals surface area contributed by atoms with Crippen LogP contribution in [-0.2, 0) is 11.2 Å². The minimum atomic E-state index is -0.237. The average molecular weight is 369 g/mol. The second-order valence-corrected chi connectivity index (χ2v) is 6.38. The number of phenols is 1. The molecule has 1 heterocycles. The summed E-state index contributed by atoms with van der Waals surface area (Å²) in [5.74, 6) is 0.157. The molecule has 0 saturated carbocycles. The zero-order valence-electron chi connectivity index (χ0n) is 11.9. The van der Waals surface area contributed by atoms with Gasteiger partial charge in [-0.05, 0) is 42.3 Å². The van der Waals surface area contributed by atoms with Gasteiger partial charge >= 0.3 is 0 Å². The van der Waals surface area contributed by atoms with Gasteiger partial charge in [0, 0.05) is 33.3 Å². The standard InChI is InChI=1S/C17H12Cl3NO2/c18-4-3-9-1-2-15-12(5-9)13(17(23)21-15)7-10-6-11(19)8-14(20)16(10)22/h1-2,5-8,22H,3-4H2,(H,21,23). The molecule has 118 valence electrons. The third-order valence-corrected chi connectivity index (χ3v) is 4.30. The van der Waals surface area contributed by atoms with Gasteiger partial charge in [-0.3, -0.25) is 4.79 Å². The van der Waals surface area contributed by atoms with Crippen molar-refractivity contribution in [3.05, 3.63) is 57.1 Å². The zero-order valence-corrected chi connectivity index (χ0v) is 14.1. The molecule has 2 N–H and O–H groups in total. The van der Waals surface area contributed by atoms with E-state index in [1.54, 1.807) is 12.1 Å². The maximum atomic E-state index is 12.2. The third-order valence-electron chi connectivity index (χ3n) is 3.61. The molecule has 0 saturated heterocycles. The van der Waals surface area contributed by atoms with E-state index in [4.69, 9.17) is 34.8 Å². The van der Waals surface area contributed by atoms with Crippen molar-refractivity contribution in [2.24, 2.45) is 0 Å². The molecule has 0 bridgehead atoms. The van der Waals surface area contributed by atoms with E-state index in [0.29, 0.717) is 28.5 Å². The van der Waals surface area contributed by atoms with Gasteiger partial charge in [-0.15, -0.1) is 11.6 Å². The van der Waals surface area contributed by atoms with Crippen molar-refractivity contribution < 1.29 is 9.90 Å². The number of hydrogen-bond acceptors (Lipinski definition) is 2. The van der Waals surface area contributed by atoms with E-state index in [0.717, 1.165) is 16.8 Å². The molecule has 0 aliphatic carbocycles.